The Kier molecular flexibility index (Phi) is 5.22. The normalized spacial score (nSPS) is 47.3. The largest absolute Gasteiger partial charge is 0.469 e. The molecule has 0 aliphatic heterocycles. The smallest absolute Gasteiger partial charge is 0.312 e. The van der Waals surface area contributed by atoms with Gasteiger partial charge >= 0.3 is 5.97 Å². The predicted molar refractivity (Wildman–Crippen MR) is 132 cm³/mol. The van der Waals surface area contributed by atoms with Gasteiger partial charge in [0.1, 0.15) is 0 Å². The maximum absolute atomic E-state index is 14.1. The highest BCUT2D eigenvalue weighted by atomic mass is 16.5. The molecule has 5 aliphatic carbocycles. The number of carbonyl (C=O) groups is 3. The Morgan fingerprint density at radius 3 is 2.32 bits per heavy atom. The number of fused-ring (bicyclic) bond motifs is 7. The van der Waals surface area contributed by atoms with Crippen molar-refractivity contribution in [2.45, 2.75) is 86.5 Å². The molecule has 0 heterocycles. The monoisotopic (exact) mass is 466 g/mol. The first kappa shape index (κ1) is 24.0. The Morgan fingerprint density at radius 1 is 0.971 bits per heavy atom. The summed E-state index contributed by atoms with van der Waals surface area (Å²) < 4.78 is 5.38. The van der Waals surface area contributed by atoms with Gasteiger partial charge in [0.2, 0.25) is 0 Å². The van der Waals surface area contributed by atoms with E-state index in [2.05, 4.69) is 40.7 Å². The maximum Gasteiger partial charge on any atom is 0.312 e. The highest BCUT2D eigenvalue weighted by Gasteiger charge is 2.66. The van der Waals surface area contributed by atoms with Gasteiger partial charge in [-0.3, -0.25) is 14.4 Å². The quantitative estimate of drug-likeness (QED) is 0.438. The molecule has 0 N–H and O–H groups in total. The number of ether oxygens (including phenoxy) is 1. The van der Waals surface area contributed by atoms with Crippen LogP contribution in [0.5, 0.6) is 0 Å². The van der Waals surface area contributed by atoms with Crippen LogP contribution < -0.4 is 0 Å². The molecule has 4 nitrogen and oxygen atoms in total. The van der Waals surface area contributed by atoms with Crippen molar-refractivity contribution in [2.24, 2.45) is 51.2 Å². The van der Waals surface area contributed by atoms with Crippen molar-refractivity contribution in [3.8, 4) is 0 Å². The van der Waals surface area contributed by atoms with E-state index in [9.17, 15) is 14.4 Å². The molecule has 0 bridgehead atoms. The van der Waals surface area contributed by atoms with Gasteiger partial charge in [0, 0.05) is 17.3 Å². The van der Waals surface area contributed by atoms with Crippen molar-refractivity contribution in [3.05, 3.63) is 23.3 Å². The second-order valence-corrected chi connectivity index (χ2v) is 13.6. The molecule has 0 aromatic heterocycles. The summed E-state index contributed by atoms with van der Waals surface area (Å²) in [5.74, 6) is 0.782. The molecule has 0 radical (unpaired) electrons. The predicted octanol–water partition coefficient (Wildman–Crippen LogP) is 6.10. The molecule has 8 atom stereocenters. The van der Waals surface area contributed by atoms with E-state index in [1.54, 1.807) is 0 Å². The molecular formula is C30H42O4. The standard InChI is InChI=1S/C30H42O4/c1-17-15-29(6)19(18(2)25(17)32)8-10-28(5)20-9-11-30(26(33)34-7)13-12-27(3,4)16-21(30)24(20)22(31)14-23(28)29/h14-15,18-21,24H,8-13,16H2,1-7H3. The third-order valence-corrected chi connectivity index (χ3v) is 11.4. The number of carbonyl (C=O) groups excluding carboxylic acids is 3. The molecule has 0 aromatic carbocycles. The average molecular weight is 467 g/mol. The fraction of sp³-hybridized carbons (Fsp3) is 0.767. The molecule has 5 aliphatic rings. The Balaban J connectivity index is 1.63. The minimum absolute atomic E-state index is 0.00857. The highest BCUT2D eigenvalue weighted by Crippen LogP contribution is 2.69. The highest BCUT2D eigenvalue weighted by molar-refractivity contribution is 5.99. The lowest BCUT2D eigenvalue weighted by molar-refractivity contribution is -0.177. The van der Waals surface area contributed by atoms with Gasteiger partial charge in [0.25, 0.3) is 0 Å². The number of hydrogen-bond acceptors (Lipinski definition) is 4. The van der Waals surface area contributed by atoms with Crippen LogP contribution in [-0.4, -0.2) is 24.6 Å². The van der Waals surface area contributed by atoms with Gasteiger partial charge in [-0.25, -0.2) is 0 Å². The number of rotatable bonds is 1. The van der Waals surface area contributed by atoms with Gasteiger partial charge in [-0.1, -0.05) is 46.3 Å². The lowest BCUT2D eigenvalue weighted by Gasteiger charge is -2.63. The summed E-state index contributed by atoms with van der Waals surface area (Å²) in [4.78, 5) is 40.1. The van der Waals surface area contributed by atoms with Crippen LogP contribution in [0.1, 0.15) is 86.5 Å². The number of allylic oxidation sites excluding steroid dienone is 4. The van der Waals surface area contributed by atoms with Crippen molar-refractivity contribution in [3.63, 3.8) is 0 Å². The topological polar surface area (TPSA) is 60.4 Å². The van der Waals surface area contributed by atoms with Crippen LogP contribution in [0, 0.1) is 51.2 Å². The third-order valence-electron chi connectivity index (χ3n) is 11.4. The van der Waals surface area contributed by atoms with Crippen molar-refractivity contribution < 1.29 is 19.1 Å². The van der Waals surface area contributed by atoms with Gasteiger partial charge in [-0.2, -0.15) is 0 Å². The Hall–Kier alpha value is -1.71. The molecule has 4 heteroatoms. The summed E-state index contributed by atoms with van der Waals surface area (Å²) in [6.07, 6.45) is 10.6. The van der Waals surface area contributed by atoms with E-state index in [0.717, 1.165) is 50.5 Å². The second-order valence-electron chi connectivity index (χ2n) is 13.6. The van der Waals surface area contributed by atoms with Gasteiger partial charge in [0.15, 0.2) is 11.6 Å². The van der Waals surface area contributed by atoms with Crippen molar-refractivity contribution in [1.29, 1.82) is 0 Å². The van der Waals surface area contributed by atoms with Crippen LogP contribution in [0.3, 0.4) is 0 Å². The van der Waals surface area contributed by atoms with Crippen LogP contribution in [0.25, 0.3) is 0 Å². The molecule has 34 heavy (non-hydrogen) atoms. The Bertz CT molecular complexity index is 1020. The summed E-state index contributed by atoms with van der Waals surface area (Å²) in [5, 5.41) is 0. The van der Waals surface area contributed by atoms with Gasteiger partial charge < -0.3 is 4.74 Å². The minimum Gasteiger partial charge on any atom is -0.469 e. The van der Waals surface area contributed by atoms with Crippen LogP contribution in [0.15, 0.2) is 23.3 Å². The lowest BCUT2D eigenvalue weighted by atomic mass is 9.39. The summed E-state index contributed by atoms with van der Waals surface area (Å²) in [7, 11) is 1.50. The van der Waals surface area contributed by atoms with Crippen LogP contribution >= 0.6 is 0 Å². The van der Waals surface area contributed by atoms with E-state index in [-0.39, 0.29) is 63.4 Å². The molecule has 0 aromatic rings. The molecule has 0 spiro atoms. The molecule has 0 saturated heterocycles. The van der Waals surface area contributed by atoms with Gasteiger partial charge in [-0.15, -0.1) is 0 Å². The molecule has 5 rings (SSSR count). The van der Waals surface area contributed by atoms with Gasteiger partial charge in [-0.05, 0) is 92.1 Å². The summed E-state index contributed by atoms with van der Waals surface area (Å²) in [6, 6.07) is 0. The van der Waals surface area contributed by atoms with Crippen LogP contribution in [0.2, 0.25) is 0 Å². The average Bonchev–Trinajstić information content (AvgIpc) is 2.77. The molecule has 8 unspecified atom stereocenters. The van der Waals surface area contributed by atoms with E-state index in [0.29, 0.717) is 0 Å². The van der Waals surface area contributed by atoms with E-state index < -0.39 is 5.41 Å². The number of Topliss-reactive ketones (excluding diaryl/α,β-unsaturated/α-hetero) is 1. The fourth-order valence-corrected chi connectivity index (χ4v) is 9.63. The third kappa shape index (κ3) is 2.99. The summed E-state index contributed by atoms with van der Waals surface area (Å²) in [5.41, 5.74) is 1.36. The van der Waals surface area contributed by atoms with Crippen molar-refractivity contribution >= 4 is 17.5 Å². The Morgan fingerprint density at radius 2 is 1.65 bits per heavy atom. The van der Waals surface area contributed by atoms with E-state index in [1.165, 1.54) is 12.7 Å². The number of hydrogen-bond donors (Lipinski definition) is 0. The number of methoxy groups -OCH3 is 1. The lowest BCUT2D eigenvalue weighted by Crippen LogP contribution is -2.61. The maximum atomic E-state index is 14.1. The molecule has 3 saturated carbocycles. The van der Waals surface area contributed by atoms with Gasteiger partial charge in [0.05, 0.1) is 12.5 Å². The van der Waals surface area contributed by atoms with Crippen LogP contribution in [-0.2, 0) is 19.1 Å². The van der Waals surface area contributed by atoms with E-state index >= 15 is 0 Å². The number of esters is 1. The van der Waals surface area contributed by atoms with Crippen molar-refractivity contribution in [2.75, 3.05) is 7.11 Å². The SMILES string of the molecule is COC(=O)C12CCC3C(C(=O)C=C4C5(C)C=C(C)C(=O)C(C)C5CCC43C)C1CC(C)(C)CC2. The second kappa shape index (κ2) is 7.40. The first-order valence-corrected chi connectivity index (χ1v) is 13.4. The van der Waals surface area contributed by atoms with Crippen LogP contribution in [0.4, 0.5) is 0 Å². The van der Waals surface area contributed by atoms with E-state index in [1.807, 2.05) is 13.0 Å². The molecular weight excluding hydrogens is 424 g/mol. The molecule has 3 fully saturated rings. The van der Waals surface area contributed by atoms with Crippen molar-refractivity contribution in [1.82, 2.24) is 0 Å². The zero-order valence-corrected chi connectivity index (χ0v) is 22.1. The minimum atomic E-state index is -0.522. The summed E-state index contributed by atoms with van der Waals surface area (Å²) >= 11 is 0. The first-order valence-electron chi connectivity index (χ1n) is 13.4. The fourth-order valence-electron chi connectivity index (χ4n) is 9.63. The first-order chi connectivity index (χ1) is 15.8. The molecule has 186 valence electrons. The summed E-state index contributed by atoms with van der Waals surface area (Å²) in [6.45, 7) is 13.2. The molecule has 0 amide bonds. The zero-order chi connectivity index (χ0) is 24.8. The van der Waals surface area contributed by atoms with E-state index in [4.69, 9.17) is 4.74 Å². The Labute approximate surface area is 205 Å². The number of ketones is 2. The zero-order valence-electron chi connectivity index (χ0n) is 22.1.